The molecule has 0 aromatic heterocycles. The zero-order valence-electron chi connectivity index (χ0n) is 17.1. The van der Waals surface area contributed by atoms with Crippen LogP contribution in [-0.2, 0) is 25.5 Å². The van der Waals surface area contributed by atoms with Crippen molar-refractivity contribution in [3.05, 3.63) is 51.5 Å². The van der Waals surface area contributed by atoms with E-state index in [2.05, 4.69) is 21.2 Å². The van der Waals surface area contributed by atoms with E-state index < -0.39 is 24.4 Å². The highest BCUT2D eigenvalue weighted by atomic mass is 79.9. The standard InChI is InChI=1S/C22H22BrClN2O5/c1-3-13-8-15(23)4-6-17(13)25-20(27)12-31-22(29)14-9-21(28)26(11-14)18-10-16(24)5-7-19(18)30-2/h4-8,10,14H,3,9,11-12H2,1-2H3,(H,25,27)/t14-/m1/s1. The number of nitrogens with zero attached hydrogens (tertiary/aromatic N) is 1. The van der Waals surface area contributed by atoms with Crippen molar-refractivity contribution >= 4 is 56.7 Å². The summed E-state index contributed by atoms with van der Waals surface area (Å²) in [5.41, 5.74) is 2.12. The number of ether oxygens (including phenoxy) is 2. The second kappa shape index (κ2) is 10.2. The molecule has 0 spiro atoms. The van der Waals surface area contributed by atoms with E-state index in [-0.39, 0.29) is 18.9 Å². The molecule has 0 radical (unpaired) electrons. The molecule has 0 aliphatic carbocycles. The number of carbonyl (C=O) groups is 3. The summed E-state index contributed by atoms with van der Waals surface area (Å²) in [5.74, 6) is -1.48. The van der Waals surface area contributed by atoms with Gasteiger partial charge in [0.15, 0.2) is 6.61 Å². The molecule has 2 aromatic rings. The van der Waals surface area contributed by atoms with E-state index in [0.717, 1.165) is 16.5 Å². The Balaban J connectivity index is 1.59. The van der Waals surface area contributed by atoms with Crippen molar-refractivity contribution in [3.8, 4) is 5.75 Å². The predicted octanol–water partition coefficient (Wildman–Crippen LogP) is 4.21. The molecule has 1 saturated heterocycles. The minimum Gasteiger partial charge on any atom is -0.495 e. The first-order valence-corrected chi connectivity index (χ1v) is 10.9. The van der Waals surface area contributed by atoms with Crippen LogP contribution in [0.15, 0.2) is 40.9 Å². The Morgan fingerprint density at radius 3 is 2.74 bits per heavy atom. The second-order valence-electron chi connectivity index (χ2n) is 7.03. The van der Waals surface area contributed by atoms with Gasteiger partial charge in [-0.1, -0.05) is 34.5 Å². The fraction of sp³-hybridized carbons (Fsp3) is 0.318. The van der Waals surface area contributed by atoms with Crippen molar-refractivity contribution in [3.63, 3.8) is 0 Å². The third-order valence-corrected chi connectivity index (χ3v) is 5.69. The number of nitrogens with one attached hydrogen (secondary N) is 1. The van der Waals surface area contributed by atoms with Gasteiger partial charge in [-0.05, 0) is 48.4 Å². The number of anilines is 2. The SMILES string of the molecule is CCc1cc(Br)ccc1NC(=O)COC(=O)[C@@H]1CC(=O)N(c2cc(Cl)ccc2OC)C1. The Hall–Kier alpha value is -2.58. The maximum atomic E-state index is 12.5. The normalized spacial score (nSPS) is 15.7. The van der Waals surface area contributed by atoms with Crippen LogP contribution in [-0.4, -0.2) is 38.0 Å². The van der Waals surface area contributed by atoms with E-state index >= 15 is 0 Å². The number of carbonyl (C=O) groups excluding carboxylic acids is 3. The maximum Gasteiger partial charge on any atom is 0.311 e. The van der Waals surface area contributed by atoms with E-state index in [0.29, 0.717) is 22.1 Å². The average molecular weight is 510 g/mol. The first-order chi connectivity index (χ1) is 14.8. The molecular weight excluding hydrogens is 488 g/mol. The molecule has 31 heavy (non-hydrogen) atoms. The molecule has 1 N–H and O–H groups in total. The summed E-state index contributed by atoms with van der Waals surface area (Å²) < 4.78 is 11.4. The monoisotopic (exact) mass is 508 g/mol. The Labute approximate surface area is 193 Å². The summed E-state index contributed by atoms with van der Waals surface area (Å²) in [6, 6.07) is 10.5. The average Bonchev–Trinajstić information content (AvgIpc) is 3.14. The Morgan fingerprint density at radius 1 is 1.26 bits per heavy atom. The molecule has 2 aromatic carbocycles. The first-order valence-electron chi connectivity index (χ1n) is 9.71. The highest BCUT2D eigenvalue weighted by Gasteiger charge is 2.37. The lowest BCUT2D eigenvalue weighted by Gasteiger charge is -2.19. The van der Waals surface area contributed by atoms with Crippen LogP contribution in [0, 0.1) is 5.92 Å². The van der Waals surface area contributed by atoms with Crippen LogP contribution < -0.4 is 15.0 Å². The number of benzene rings is 2. The fourth-order valence-electron chi connectivity index (χ4n) is 3.39. The Kier molecular flexibility index (Phi) is 7.56. The first kappa shape index (κ1) is 23.1. The number of rotatable bonds is 7. The summed E-state index contributed by atoms with van der Waals surface area (Å²) in [6.45, 7) is 1.68. The lowest BCUT2D eigenvalue weighted by Crippen LogP contribution is -2.28. The zero-order valence-corrected chi connectivity index (χ0v) is 19.5. The van der Waals surface area contributed by atoms with Crippen molar-refractivity contribution in [2.75, 3.05) is 30.5 Å². The van der Waals surface area contributed by atoms with Gasteiger partial charge in [-0.25, -0.2) is 0 Å². The van der Waals surface area contributed by atoms with Crippen LogP contribution >= 0.6 is 27.5 Å². The molecular formula is C22H22BrClN2O5. The number of methoxy groups -OCH3 is 1. The molecule has 1 aliphatic rings. The minimum atomic E-state index is -0.678. The van der Waals surface area contributed by atoms with E-state index in [1.807, 2.05) is 19.1 Å². The molecule has 2 amide bonds. The van der Waals surface area contributed by atoms with Gasteiger partial charge in [0.1, 0.15) is 5.75 Å². The lowest BCUT2D eigenvalue weighted by molar-refractivity contribution is -0.151. The van der Waals surface area contributed by atoms with Crippen molar-refractivity contribution < 1.29 is 23.9 Å². The zero-order chi connectivity index (χ0) is 22.5. The summed E-state index contributed by atoms with van der Waals surface area (Å²) >= 11 is 9.45. The number of esters is 1. The molecule has 1 aliphatic heterocycles. The smallest absolute Gasteiger partial charge is 0.311 e. The number of halogens is 2. The number of amides is 2. The molecule has 1 atom stereocenters. The molecule has 9 heteroatoms. The van der Waals surface area contributed by atoms with Crippen molar-refractivity contribution in [1.82, 2.24) is 0 Å². The number of aryl methyl sites for hydroxylation is 1. The van der Waals surface area contributed by atoms with Crippen LogP contribution in [0.4, 0.5) is 11.4 Å². The topological polar surface area (TPSA) is 84.9 Å². The van der Waals surface area contributed by atoms with Crippen molar-refractivity contribution in [2.24, 2.45) is 5.92 Å². The Morgan fingerprint density at radius 2 is 2.03 bits per heavy atom. The van der Waals surface area contributed by atoms with Gasteiger partial charge in [-0.15, -0.1) is 0 Å². The van der Waals surface area contributed by atoms with Crippen LogP contribution in [0.3, 0.4) is 0 Å². The molecule has 1 heterocycles. The fourth-order valence-corrected chi connectivity index (χ4v) is 3.96. The quantitative estimate of drug-likeness (QED) is 0.565. The van der Waals surface area contributed by atoms with Crippen LogP contribution in [0.5, 0.6) is 5.75 Å². The van der Waals surface area contributed by atoms with Gasteiger partial charge in [-0.2, -0.15) is 0 Å². The lowest BCUT2D eigenvalue weighted by atomic mass is 10.1. The summed E-state index contributed by atoms with van der Waals surface area (Å²) in [4.78, 5) is 38.6. The van der Waals surface area contributed by atoms with Gasteiger partial charge < -0.3 is 19.7 Å². The molecule has 0 unspecified atom stereocenters. The molecule has 7 nitrogen and oxygen atoms in total. The van der Waals surface area contributed by atoms with Crippen LogP contribution in [0.1, 0.15) is 18.9 Å². The van der Waals surface area contributed by atoms with Gasteiger partial charge in [-0.3, -0.25) is 14.4 Å². The Bertz CT molecular complexity index is 1010. The summed E-state index contributed by atoms with van der Waals surface area (Å²) in [7, 11) is 1.49. The molecule has 1 fully saturated rings. The van der Waals surface area contributed by atoms with Gasteiger partial charge in [0.25, 0.3) is 5.91 Å². The summed E-state index contributed by atoms with van der Waals surface area (Å²) in [6.07, 6.45) is 0.727. The molecule has 0 saturated carbocycles. The van der Waals surface area contributed by atoms with E-state index in [9.17, 15) is 14.4 Å². The van der Waals surface area contributed by atoms with Crippen LogP contribution in [0.2, 0.25) is 5.02 Å². The van der Waals surface area contributed by atoms with E-state index in [1.165, 1.54) is 12.0 Å². The van der Waals surface area contributed by atoms with Gasteiger partial charge in [0.05, 0.1) is 18.7 Å². The number of hydrogen-bond acceptors (Lipinski definition) is 5. The van der Waals surface area contributed by atoms with Crippen LogP contribution in [0.25, 0.3) is 0 Å². The maximum absolute atomic E-state index is 12.5. The van der Waals surface area contributed by atoms with Gasteiger partial charge >= 0.3 is 5.97 Å². The molecule has 164 valence electrons. The van der Waals surface area contributed by atoms with Gasteiger partial charge in [0, 0.05) is 28.1 Å². The van der Waals surface area contributed by atoms with Crippen molar-refractivity contribution in [2.45, 2.75) is 19.8 Å². The third-order valence-electron chi connectivity index (χ3n) is 4.96. The molecule has 0 bridgehead atoms. The van der Waals surface area contributed by atoms with E-state index in [4.69, 9.17) is 21.1 Å². The van der Waals surface area contributed by atoms with Gasteiger partial charge in [0.2, 0.25) is 5.91 Å². The highest BCUT2D eigenvalue weighted by molar-refractivity contribution is 9.10. The van der Waals surface area contributed by atoms with E-state index in [1.54, 1.807) is 24.3 Å². The highest BCUT2D eigenvalue weighted by Crippen LogP contribution is 2.35. The van der Waals surface area contributed by atoms with Crippen molar-refractivity contribution in [1.29, 1.82) is 0 Å². The molecule has 3 rings (SSSR count). The third kappa shape index (κ3) is 5.57. The summed E-state index contributed by atoms with van der Waals surface area (Å²) in [5, 5.41) is 3.20. The number of hydrogen-bond donors (Lipinski definition) is 1. The second-order valence-corrected chi connectivity index (χ2v) is 8.38. The predicted molar refractivity (Wildman–Crippen MR) is 122 cm³/mol. The largest absolute Gasteiger partial charge is 0.495 e. The minimum absolute atomic E-state index is 0.0111.